The maximum absolute atomic E-state index is 5.54. The van der Waals surface area contributed by atoms with Crippen molar-refractivity contribution in [2.75, 3.05) is 53.6 Å². The predicted molar refractivity (Wildman–Crippen MR) is 125 cm³/mol. The smallest absolute Gasteiger partial charge is 0.191 e. The number of nitrogens with zero attached hydrogens (tertiary/aromatic N) is 2. The standard InChI is InChI=1S/C23H34N4O2S/c1-18(19-6-8-20(28-3)9-7-19)10-11-25-23(24-2)26-17-21(22-5-4-16-30-22)27-12-14-29-15-13-27/h4-9,16,18,21H,10-15,17H2,1-3H3,(H2,24,25,26). The van der Waals surface area contributed by atoms with Gasteiger partial charge in [-0.1, -0.05) is 25.1 Å². The third-order valence-corrected chi connectivity index (χ3v) is 6.57. The van der Waals surface area contributed by atoms with Gasteiger partial charge in [-0.3, -0.25) is 9.89 Å². The molecule has 2 heterocycles. The average Bonchev–Trinajstić information content (AvgIpc) is 3.33. The van der Waals surface area contributed by atoms with Crippen LogP contribution in [0.1, 0.15) is 35.7 Å². The number of aliphatic imine (C=N–C) groups is 1. The average molecular weight is 431 g/mol. The summed E-state index contributed by atoms with van der Waals surface area (Å²) in [5.41, 5.74) is 1.32. The van der Waals surface area contributed by atoms with Crippen molar-refractivity contribution < 1.29 is 9.47 Å². The molecular weight excluding hydrogens is 396 g/mol. The van der Waals surface area contributed by atoms with Gasteiger partial charge in [0.25, 0.3) is 0 Å². The molecular formula is C23H34N4O2S. The van der Waals surface area contributed by atoms with Gasteiger partial charge in [-0.25, -0.2) is 0 Å². The molecule has 3 rings (SSSR count). The van der Waals surface area contributed by atoms with Crippen molar-refractivity contribution in [2.24, 2.45) is 4.99 Å². The molecule has 1 aromatic carbocycles. The van der Waals surface area contributed by atoms with E-state index in [0.29, 0.717) is 12.0 Å². The van der Waals surface area contributed by atoms with Gasteiger partial charge < -0.3 is 20.1 Å². The normalized spacial score (nSPS) is 17.4. The van der Waals surface area contributed by atoms with Crippen LogP contribution in [-0.4, -0.2) is 64.4 Å². The van der Waals surface area contributed by atoms with Crippen molar-refractivity contribution in [1.82, 2.24) is 15.5 Å². The van der Waals surface area contributed by atoms with Gasteiger partial charge in [0.05, 0.1) is 26.4 Å². The van der Waals surface area contributed by atoms with Gasteiger partial charge in [0.15, 0.2) is 5.96 Å². The lowest BCUT2D eigenvalue weighted by atomic mass is 9.98. The van der Waals surface area contributed by atoms with Gasteiger partial charge in [-0.15, -0.1) is 11.3 Å². The molecule has 164 valence electrons. The summed E-state index contributed by atoms with van der Waals surface area (Å²) in [7, 11) is 3.53. The highest BCUT2D eigenvalue weighted by atomic mass is 32.1. The molecule has 2 N–H and O–H groups in total. The lowest BCUT2D eigenvalue weighted by molar-refractivity contribution is 0.0177. The molecule has 0 aliphatic carbocycles. The van der Waals surface area contributed by atoms with Gasteiger partial charge in [-0.2, -0.15) is 0 Å². The third kappa shape index (κ3) is 6.45. The van der Waals surface area contributed by atoms with E-state index in [-0.39, 0.29) is 0 Å². The number of hydrogen-bond donors (Lipinski definition) is 2. The lowest BCUT2D eigenvalue weighted by Crippen LogP contribution is -2.46. The first-order valence-corrected chi connectivity index (χ1v) is 11.5. The highest BCUT2D eigenvalue weighted by molar-refractivity contribution is 7.10. The first-order valence-electron chi connectivity index (χ1n) is 10.6. The van der Waals surface area contributed by atoms with Crippen molar-refractivity contribution >= 4 is 17.3 Å². The number of rotatable bonds is 9. The Morgan fingerprint density at radius 2 is 1.97 bits per heavy atom. The summed E-state index contributed by atoms with van der Waals surface area (Å²) < 4.78 is 10.8. The summed E-state index contributed by atoms with van der Waals surface area (Å²) in [4.78, 5) is 8.30. The zero-order chi connectivity index (χ0) is 21.2. The third-order valence-electron chi connectivity index (χ3n) is 5.60. The molecule has 1 aliphatic heterocycles. The Kier molecular flexibility index (Phi) is 8.99. The zero-order valence-electron chi connectivity index (χ0n) is 18.3. The maximum atomic E-state index is 5.54. The monoisotopic (exact) mass is 430 g/mol. The predicted octanol–water partition coefficient (Wildman–Crippen LogP) is 3.49. The van der Waals surface area contributed by atoms with Crippen LogP contribution in [0.15, 0.2) is 46.8 Å². The second kappa shape index (κ2) is 11.9. The molecule has 2 atom stereocenters. The topological polar surface area (TPSA) is 58.1 Å². The Labute approximate surface area is 184 Å². The fourth-order valence-corrected chi connectivity index (χ4v) is 4.56. The molecule has 0 spiro atoms. The Morgan fingerprint density at radius 1 is 1.20 bits per heavy atom. The molecule has 1 aromatic heterocycles. The largest absolute Gasteiger partial charge is 0.497 e. The molecule has 0 amide bonds. The molecule has 1 aliphatic rings. The van der Waals surface area contributed by atoms with E-state index in [1.807, 2.05) is 30.5 Å². The molecule has 0 bridgehead atoms. The van der Waals surface area contributed by atoms with Crippen molar-refractivity contribution in [3.63, 3.8) is 0 Å². The fourth-order valence-electron chi connectivity index (χ4n) is 3.70. The number of thiophene rings is 1. The second-order valence-electron chi connectivity index (χ2n) is 7.52. The Balaban J connectivity index is 1.48. The highest BCUT2D eigenvalue weighted by Gasteiger charge is 2.23. The first kappa shape index (κ1) is 22.6. The number of ether oxygens (including phenoxy) is 2. The molecule has 2 aromatic rings. The summed E-state index contributed by atoms with van der Waals surface area (Å²) in [6, 6.07) is 13.0. The number of nitrogens with one attached hydrogen (secondary N) is 2. The lowest BCUT2D eigenvalue weighted by Gasteiger charge is -2.34. The van der Waals surface area contributed by atoms with E-state index in [1.165, 1.54) is 10.4 Å². The van der Waals surface area contributed by atoms with Crippen LogP contribution in [0.3, 0.4) is 0 Å². The molecule has 0 saturated carbocycles. The van der Waals surface area contributed by atoms with Crippen molar-refractivity contribution in [1.29, 1.82) is 0 Å². The van der Waals surface area contributed by atoms with Crippen molar-refractivity contribution in [3.05, 3.63) is 52.2 Å². The minimum Gasteiger partial charge on any atom is -0.497 e. The number of hydrogen-bond acceptors (Lipinski definition) is 5. The zero-order valence-corrected chi connectivity index (χ0v) is 19.1. The second-order valence-corrected chi connectivity index (χ2v) is 8.50. The van der Waals surface area contributed by atoms with Crippen LogP contribution in [0, 0.1) is 0 Å². The minimum absolute atomic E-state index is 0.339. The molecule has 1 fully saturated rings. The Hall–Kier alpha value is -2.09. The molecule has 2 unspecified atom stereocenters. The van der Waals surface area contributed by atoms with Crippen LogP contribution < -0.4 is 15.4 Å². The van der Waals surface area contributed by atoms with Gasteiger partial charge in [0, 0.05) is 38.1 Å². The van der Waals surface area contributed by atoms with Gasteiger partial charge >= 0.3 is 0 Å². The van der Waals surface area contributed by atoms with E-state index in [2.05, 4.69) is 57.1 Å². The summed E-state index contributed by atoms with van der Waals surface area (Å²) in [6.07, 6.45) is 1.03. The Bertz CT molecular complexity index is 758. The van der Waals surface area contributed by atoms with Gasteiger partial charge in [0.1, 0.15) is 5.75 Å². The van der Waals surface area contributed by atoms with E-state index < -0.39 is 0 Å². The molecule has 1 saturated heterocycles. The number of benzene rings is 1. The Morgan fingerprint density at radius 3 is 2.60 bits per heavy atom. The molecule has 0 radical (unpaired) electrons. The SMILES string of the molecule is CN=C(NCCC(C)c1ccc(OC)cc1)NCC(c1cccs1)N1CCOCC1. The van der Waals surface area contributed by atoms with Gasteiger partial charge in [0.2, 0.25) is 0 Å². The quantitative estimate of drug-likeness (QED) is 0.471. The van der Waals surface area contributed by atoms with E-state index in [9.17, 15) is 0 Å². The number of morpholine rings is 1. The highest BCUT2D eigenvalue weighted by Crippen LogP contribution is 2.25. The fraction of sp³-hybridized carbons (Fsp3) is 0.522. The van der Waals surface area contributed by atoms with Crippen LogP contribution in [0.4, 0.5) is 0 Å². The van der Waals surface area contributed by atoms with Crippen LogP contribution >= 0.6 is 11.3 Å². The summed E-state index contributed by atoms with van der Waals surface area (Å²) >= 11 is 1.81. The van der Waals surface area contributed by atoms with Crippen molar-refractivity contribution in [3.8, 4) is 5.75 Å². The first-order chi connectivity index (χ1) is 14.7. The van der Waals surface area contributed by atoms with Crippen LogP contribution in [0.25, 0.3) is 0 Å². The molecule has 6 nitrogen and oxygen atoms in total. The van der Waals surface area contributed by atoms with E-state index >= 15 is 0 Å². The number of methoxy groups -OCH3 is 1. The maximum Gasteiger partial charge on any atom is 0.191 e. The van der Waals surface area contributed by atoms with E-state index in [1.54, 1.807) is 7.11 Å². The van der Waals surface area contributed by atoms with Gasteiger partial charge in [-0.05, 0) is 41.5 Å². The van der Waals surface area contributed by atoms with Crippen LogP contribution in [0.2, 0.25) is 0 Å². The molecule has 7 heteroatoms. The van der Waals surface area contributed by atoms with Crippen LogP contribution in [-0.2, 0) is 4.74 Å². The summed E-state index contributed by atoms with van der Waals surface area (Å²) in [5, 5.41) is 9.15. The summed E-state index contributed by atoms with van der Waals surface area (Å²) in [5.74, 6) is 2.22. The van der Waals surface area contributed by atoms with E-state index in [0.717, 1.165) is 57.5 Å². The van der Waals surface area contributed by atoms with E-state index in [4.69, 9.17) is 9.47 Å². The molecule has 30 heavy (non-hydrogen) atoms. The van der Waals surface area contributed by atoms with Crippen LogP contribution in [0.5, 0.6) is 5.75 Å². The summed E-state index contributed by atoms with van der Waals surface area (Å²) in [6.45, 7) is 7.49. The van der Waals surface area contributed by atoms with Crippen molar-refractivity contribution in [2.45, 2.75) is 25.3 Å². The minimum atomic E-state index is 0.339. The number of guanidine groups is 1.